The molecule has 10 heteroatoms. The van der Waals surface area contributed by atoms with Gasteiger partial charge >= 0.3 is 0 Å². The normalized spacial score (nSPS) is 12.2. The van der Waals surface area contributed by atoms with Gasteiger partial charge in [0.25, 0.3) is 0 Å². The Balaban J connectivity index is 2.42. The van der Waals surface area contributed by atoms with Crippen LogP contribution in [-0.4, -0.2) is 51.0 Å². The molecule has 0 aliphatic rings. The zero-order chi connectivity index (χ0) is 23.3. The van der Waals surface area contributed by atoms with Crippen LogP contribution >= 0.6 is 23.2 Å². The topological polar surface area (TPSA) is 86.8 Å². The van der Waals surface area contributed by atoms with Crippen LogP contribution < -0.4 is 9.62 Å². The smallest absolute Gasteiger partial charge is 0.244 e. The van der Waals surface area contributed by atoms with Gasteiger partial charge in [-0.05, 0) is 37.6 Å². The molecule has 2 amide bonds. The van der Waals surface area contributed by atoms with Crippen molar-refractivity contribution in [3.63, 3.8) is 0 Å². The first-order chi connectivity index (χ1) is 14.4. The van der Waals surface area contributed by atoms with E-state index in [1.54, 1.807) is 6.92 Å². The Bertz CT molecular complexity index is 1080. The van der Waals surface area contributed by atoms with E-state index < -0.39 is 28.5 Å². The van der Waals surface area contributed by atoms with Gasteiger partial charge in [0, 0.05) is 18.6 Å². The Hall–Kier alpha value is -2.29. The number of amides is 2. The molecule has 2 aromatic rings. The molecule has 0 saturated carbocycles. The van der Waals surface area contributed by atoms with Crippen LogP contribution in [0.5, 0.6) is 0 Å². The van der Waals surface area contributed by atoms with Gasteiger partial charge in [-0.2, -0.15) is 0 Å². The highest BCUT2D eigenvalue weighted by Crippen LogP contribution is 2.30. The predicted molar refractivity (Wildman–Crippen MR) is 124 cm³/mol. The van der Waals surface area contributed by atoms with Gasteiger partial charge in [-0.25, -0.2) is 8.42 Å². The van der Waals surface area contributed by atoms with Crippen molar-refractivity contribution in [2.75, 3.05) is 24.2 Å². The molecule has 0 bridgehead atoms. The zero-order valence-corrected chi connectivity index (χ0v) is 20.1. The Kier molecular flexibility index (Phi) is 8.34. The summed E-state index contributed by atoms with van der Waals surface area (Å²) < 4.78 is 25.9. The number of carbonyl (C=O) groups excluding carboxylic acids is 2. The third-order valence-corrected chi connectivity index (χ3v) is 6.37. The van der Waals surface area contributed by atoms with Gasteiger partial charge in [0.05, 0.1) is 17.0 Å². The average molecular weight is 486 g/mol. The number of carbonyl (C=O) groups is 2. The Morgan fingerprint density at radius 2 is 1.81 bits per heavy atom. The standard InChI is InChI=1S/C21H25Cl2N3O4S/c1-14-6-5-7-16(10-14)12-25(15(2)21(28)24-3)20(27)13-26(31(4,29)30)19-9-8-17(22)11-18(19)23/h5-11,15H,12-13H2,1-4H3,(H,24,28)/t15-/m1/s1. The lowest BCUT2D eigenvalue weighted by atomic mass is 10.1. The molecule has 7 nitrogen and oxygen atoms in total. The van der Waals surface area contributed by atoms with Gasteiger partial charge in [0.2, 0.25) is 21.8 Å². The summed E-state index contributed by atoms with van der Waals surface area (Å²) in [5.74, 6) is -0.912. The van der Waals surface area contributed by atoms with Crippen molar-refractivity contribution in [3.05, 3.63) is 63.6 Å². The number of nitrogens with zero attached hydrogens (tertiary/aromatic N) is 2. The summed E-state index contributed by atoms with van der Waals surface area (Å²) >= 11 is 12.1. The summed E-state index contributed by atoms with van der Waals surface area (Å²) in [6, 6.07) is 11.0. The van der Waals surface area contributed by atoms with E-state index in [2.05, 4.69) is 5.32 Å². The first kappa shape index (κ1) is 25.0. The molecule has 0 fully saturated rings. The summed E-state index contributed by atoms with van der Waals surface area (Å²) in [6.07, 6.45) is 0.984. The van der Waals surface area contributed by atoms with Crippen LogP contribution in [0, 0.1) is 6.92 Å². The quantitative estimate of drug-likeness (QED) is 0.621. The lowest BCUT2D eigenvalue weighted by molar-refractivity contribution is -0.139. The minimum absolute atomic E-state index is 0.0929. The Labute approximate surface area is 193 Å². The van der Waals surface area contributed by atoms with Gasteiger partial charge in [-0.1, -0.05) is 53.0 Å². The monoisotopic (exact) mass is 485 g/mol. The minimum atomic E-state index is -3.86. The summed E-state index contributed by atoms with van der Waals surface area (Å²) in [7, 11) is -2.38. The number of sulfonamides is 1. The zero-order valence-electron chi connectivity index (χ0n) is 17.7. The van der Waals surface area contributed by atoms with E-state index in [1.807, 2.05) is 31.2 Å². The summed E-state index contributed by atoms with van der Waals surface area (Å²) in [5.41, 5.74) is 1.95. The number of nitrogens with one attached hydrogen (secondary N) is 1. The summed E-state index contributed by atoms with van der Waals surface area (Å²) in [4.78, 5) is 26.9. The van der Waals surface area contributed by atoms with Crippen LogP contribution in [0.4, 0.5) is 5.69 Å². The number of rotatable bonds is 8. The highest BCUT2D eigenvalue weighted by atomic mass is 35.5. The van der Waals surface area contributed by atoms with Crippen LogP contribution in [0.25, 0.3) is 0 Å². The van der Waals surface area contributed by atoms with Crippen LogP contribution in [0.15, 0.2) is 42.5 Å². The van der Waals surface area contributed by atoms with Gasteiger partial charge in [-0.3, -0.25) is 13.9 Å². The van der Waals surface area contributed by atoms with Gasteiger partial charge in [-0.15, -0.1) is 0 Å². The second-order valence-electron chi connectivity index (χ2n) is 7.17. The van der Waals surface area contributed by atoms with Crippen molar-refractivity contribution in [1.29, 1.82) is 0 Å². The maximum atomic E-state index is 13.3. The van der Waals surface area contributed by atoms with E-state index in [-0.39, 0.29) is 23.2 Å². The van der Waals surface area contributed by atoms with Crippen molar-refractivity contribution in [2.45, 2.75) is 26.4 Å². The summed E-state index contributed by atoms with van der Waals surface area (Å²) in [5, 5.41) is 2.96. The fraction of sp³-hybridized carbons (Fsp3) is 0.333. The van der Waals surface area contributed by atoms with E-state index in [4.69, 9.17) is 23.2 Å². The van der Waals surface area contributed by atoms with Gasteiger partial charge in [0.1, 0.15) is 12.6 Å². The third kappa shape index (κ3) is 6.59. The van der Waals surface area contributed by atoms with Crippen molar-refractivity contribution in [1.82, 2.24) is 10.2 Å². The molecule has 0 aliphatic carbocycles. The first-order valence-electron chi connectivity index (χ1n) is 9.43. The molecule has 0 radical (unpaired) electrons. The average Bonchev–Trinajstić information content (AvgIpc) is 2.68. The molecule has 0 saturated heterocycles. The van der Waals surface area contributed by atoms with Crippen molar-refractivity contribution in [2.24, 2.45) is 0 Å². The third-order valence-electron chi connectivity index (χ3n) is 4.71. The van der Waals surface area contributed by atoms with E-state index in [1.165, 1.54) is 30.1 Å². The molecule has 0 aliphatic heterocycles. The molecule has 168 valence electrons. The second-order valence-corrected chi connectivity index (χ2v) is 9.92. The van der Waals surface area contributed by atoms with Crippen molar-refractivity contribution >= 4 is 50.7 Å². The number of likely N-dealkylation sites (N-methyl/N-ethyl adjacent to an activating group) is 1. The van der Waals surface area contributed by atoms with Crippen LogP contribution in [0.1, 0.15) is 18.1 Å². The number of hydrogen-bond acceptors (Lipinski definition) is 4. The highest BCUT2D eigenvalue weighted by Gasteiger charge is 2.30. The summed E-state index contributed by atoms with van der Waals surface area (Å²) in [6.45, 7) is 3.13. The molecule has 2 aromatic carbocycles. The fourth-order valence-corrected chi connectivity index (χ4v) is 4.50. The Morgan fingerprint density at radius 1 is 1.13 bits per heavy atom. The number of aryl methyl sites for hydroxylation is 1. The lowest BCUT2D eigenvalue weighted by Gasteiger charge is -2.31. The van der Waals surface area contributed by atoms with E-state index >= 15 is 0 Å². The SMILES string of the molecule is CNC(=O)[C@@H](C)N(Cc1cccc(C)c1)C(=O)CN(c1ccc(Cl)cc1Cl)S(C)(=O)=O. The number of halogens is 2. The molecule has 0 spiro atoms. The second kappa shape index (κ2) is 10.3. The van der Waals surface area contributed by atoms with Crippen LogP contribution in [-0.2, 0) is 26.2 Å². The largest absolute Gasteiger partial charge is 0.357 e. The maximum Gasteiger partial charge on any atom is 0.244 e. The van der Waals surface area contributed by atoms with E-state index in [0.29, 0.717) is 5.02 Å². The van der Waals surface area contributed by atoms with Gasteiger partial charge < -0.3 is 10.2 Å². The van der Waals surface area contributed by atoms with Gasteiger partial charge in [0.15, 0.2) is 0 Å². The molecule has 0 unspecified atom stereocenters. The maximum absolute atomic E-state index is 13.3. The van der Waals surface area contributed by atoms with Crippen LogP contribution in [0.2, 0.25) is 10.0 Å². The number of anilines is 1. The first-order valence-corrected chi connectivity index (χ1v) is 12.0. The predicted octanol–water partition coefficient (Wildman–Crippen LogP) is 3.23. The molecular formula is C21H25Cl2N3O4S. The van der Waals surface area contributed by atoms with E-state index in [9.17, 15) is 18.0 Å². The minimum Gasteiger partial charge on any atom is -0.357 e. The molecule has 0 aromatic heterocycles. The lowest BCUT2D eigenvalue weighted by Crippen LogP contribution is -2.50. The molecular weight excluding hydrogens is 461 g/mol. The van der Waals surface area contributed by atoms with Crippen molar-refractivity contribution in [3.8, 4) is 0 Å². The molecule has 1 atom stereocenters. The number of benzene rings is 2. The van der Waals surface area contributed by atoms with E-state index in [0.717, 1.165) is 21.7 Å². The molecule has 1 N–H and O–H groups in total. The fourth-order valence-electron chi connectivity index (χ4n) is 3.08. The molecule has 0 heterocycles. The van der Waals surface area contributed by atoms with Crippen LogP contribution in [0.3, 0.4) is 0 Å². The Morgan fingerprint density at radius 3 is 2.35 bits per heavy atom. The molecule has 31 heavy (non-hydrogen) atoms. The highest BCUT2D eigenvalue weighted by molar-refractivity contribution is 7.92. The number of hydrogen-bond donors (Lipinski definition) is 1. The van der Waals surface area contributed by atoms with Crippen molar-refractivity contribution < 1.29 is 18.0 Å². The molecule has 2 rings (SSSR count).